The third-order valence-corrected chi connectivity index (χ3v) is 3.53. The Morgan fingerprint density at radius 3 is 2.29 bits per heavy atom. The van der Waals surface area contributed by atoms with Gasteiger partial charge in [-0.3, -0.25) is 0 Å². The van der Waals surface area contributed by atoms with Crippen LogP contribution in [-0.2, 0) is 6.42 Å². The van der Waals surface area contributed by atoms with Gasteiger partial charge >= 0.3 is 0 Å². The molecule has 0 aliphatic carbocycles. The largest absolute Gasteiger partial charge is 0.329 e. The highest BCUT2D eigenvalue weighted by atomic mass is 14.9. The van der Waals surface area contributed by atoms with E-state index < -0.39 is 0 Å². The first-order valence-corrected chi connectivity index (χ1v) is 6.79. The number of benzene rings is 1. The van der Waals surface area contributed by atoms with Crippen molar-refractivity contribution in [2.75, 3.05) is 13.1 Å². The first-order valence-electron chi connectivity index (χ1n) is 6.79. The van der Waals surface area contributed by atoms with E-state index in [4.69, 9.17) is 5.73 Å². The Bertz CT molecular complexity index is 280. The summed E-state index contributed by atoms with van der Waals surface area (Å²) in [6, 6.07) is 11.1. The smallest absolute Gasteiger partial charge is 0.0218 e. The molecule has 3 N–H and O–H groups in total. The molecule has 1 aromatic carbocycles. The predicted molar refractivity (Wildman–Crippen MR) is 75.1 cm³/mol. The van der Waals surface area contributed by atoms with Gasteiger partial charge in [0, 0.05) is 12.6 Å². The zero-order chi connectivity index (χ0) is 12.5. The Hall–Kier alpha value is -0.860. The summed E-state index contributed by atoms with van der Waals surface area (Å²) in [6.45, 7) is 6.24. The van der Waals surface area contributed by atoms with Crippen LogP contribution in [0.1, 0.15) is 32.3 Å². The van der Waals surface area contributed by atoms with Crippen LogP contribution in [0.5, 0.6) is 0 Å². The van der Waals surface area contributed by atoms with Crippen molar-refractivity contribution in [2.45, 2.75) is 39.2 Å². The molecule has 0 heterocycles. The van der Waals surface area contributed by atoms with E-state index in [1.165, 1.54) is 18.4 Å². The summed E-state index contributed by atoms with van der Waals surface area (Å²) in [5, 5.41) is 3.59. The molecule has 0 radical (unpaired) electrons. The lowest BCUT2D eigenvalue weighted by Crippen LogP contribution is -2.42. The molecule has 0 spiro atoms. The SMILES string of the molecule is CCC(CC)C(CN)NCCc1ccccc1. The molecular weight excluding hydrogens is 208 g/mol. The molecule has 1 unspecified atom stereocenters. The molecule has 17 heavy (non-hydrogen) atoms. The van der Waals surface area contributed by atoms with Gasteiger partial charge in [-0.1, -0.05) is 57.0 Å². The van der Waals surface area contributed by atoms with Crippen LogP contribution < -0.4 is 11.1 Å². The van der Waals surface area contributed by atoms with Crippen LogP contribution in [0.3, 0.4) is 0 Å². The summed E-state index contributed by atoms with van der Waals surface area (Å²) in [4.78, 5) is 0. The topological polar surface area (TPSA) is 38.0 Å². The van der Waals surface area contributed by atoms with E-state index in [1.807, 2.05) is 0 Å². The van der Waals surface area contributed by atoms with E-state index in [0.717, 1.165) is 19.5 Å². The second kappa shape index (κ2) is 8.26. The summed E-state index contributed by atoms with van der Waals surface area (Å²) in [7, 11) is 0. The summed E-state index contributed by atoms with van der Waals surface area (Å²) >= 11 is 0. The Labute approximate surface area is 106 Å². The van der Waals surface area contributed by atoms with Crippen LogP contribution >= 0.6 is 0 Å². The third-order valence-electron chi connectivity index (χ3n) is 3.53. The second-order valence-electron chi connectivity index (χ2n) is 4.61. The van der Waals surface area contributed by atoms with Gasteiger partial charge in [0.1, 0.15) is 0 Å². The van der Waals surface area contributed by atoms with Crippen molar-refractivity contribution in [3.05, 3.63) is 35.9 Å². The second-order valence-corrected chi connectivity index (χ2v) is 4.61. The quantitative estimate of drug-likeness (QED) is 0.725. The number of rotatable bonds is 8. The van der Waals surface area contributed by atoms with Crippen molar-refractivity contribution in [1.29, 1.82) is 0 Å². The Kier molecular flexibility index (Phi) is 6.90. The number of nitrogens with one attached hydrogen (secondary N) is 1. The molecule has 2 nitrogen and oxygen atoms in total. The molecule has 0 saturated carbocycles. The first-order chi connectivity index (χ1) is 8.31. The van der Waals surface area contributed by atoms with Crippen molar-refractivity contribution in [3.63, 3.8) is 0 Å². The summed E-state index contributed by atoms with van der Waals surface area (Å²) in [5.74, 6) is 0.704. The van der Waals surface area contributed by atoms with Gasteiger partial charge in [0.05, 0.1) is 0 Å². The predicted octanol–water partition coefficient (Wildman–Crippen LogP) is 2.58. The monoisotopic (exact) mass is 234 g/mol. The molecule has 0 fully saturated rings. The van der Waals surface area contributed by atoms with Gasteiger partial charge < -0.3 is 11.1 Å². The molecule has 0 aromatic heterocycles. The molecule has 1 aromatic rings. The zero-order valence-corrected chi connectivity index (χ0v) is 11.2. The van der Waals surface area contributed by atoms with Crippen LogP contribution in [0.2, 0.25) is 0 Å². The highest BCUT2D eigenvalue weighted by molar-refractivity contribution is 5.14. The Morgan fingerprint density at radius 1 is 1.12 bits per heavy atom. The minimum Gasteiger partial charge on any atom is -0.329 e. The normalized spacial score (nSPS) is 12.9. The van der Waals surface area contributed by atoms with Gasteiger partial charge in [0.2, 0.25) is 0 Å². The molecule has 0 amide bonds. The lowest BCUT2D eigenvalue weighted by atomic mass is 9.94. The van der Waals surface area contributed by atoms with Gasteiger partial charge in [-0.25, -0.2) is 0 Å². The van der Waals surface area contributed by atoms with E-state index in [9.17, 15) is 0 Å². The number of hydrogen-bond donors (Lipinski definition) is 2. The Morgan fingerprint density at radius 2 is 1.76 bits per heavy atom. The lowest BCUT2D eigenvalue weighted by Gasteiger charge is -2.25. The summed E-state index contributed by atoms with van der Waals surface area (Å²) in [5.41, 5.74) is 7.23. The molecule has 0 aliphatic rings. The lowest BCUT2D eigenvalue weighted by molar-refractivity contribution is 0.341. The standard InChI is InChI=1S/C15H26N2/c1-3-14(4-2)15(12-16)17-11-10-13-8-6-5-7-9-13/h5-9,14-15,17H,3-4,10-12,16H2,1-2H3. The van der Waals surface area contributed by atoms with Crippen LogP contribution in [-0.4, -0.2) is 19.1 Å². The highest BCUT2D eigenvalue weighted by Crippen LogP contribution is 2.12. The van der Waals surface area contributed by atoms with Crippen molar-refractivity contribution in [1.82, 2.24) is 5.32 Å². The van der Waals surface area contributed by atoms with Gasteiger partial charge in [-0.2, -0.15) is 0 Å². The van der Waals surface area contributed by atoms with Crippen LogP contribution in [0, 0.1) is 5.92 Å². The fraction of sp³-hybridized carbons (Fsp3) is 0.600. The maximum absolute atomic E-state index is 5.84. The van der Waals surface area contributed by atoms with E-state index >= 15 is 0 Å². The van der Waals surface area contributed by atoms with Crippen molar-refractivity contribution < 1.29 is 0 Å². The molecule has 96 valence electrons. The fourth-order valence-electron chi connectivity index (χ4n) is 2.35. The molecule has 0 saturated heterocycles. The molecular formula is C15H26N2. The fourth-order valence-corrected chi connectivity index (χ4v) is 2.35. The van der Waals surface area contributed by atoms with Crippen LogP contribution in [0.25, 0.3) is 0 Å². The van der Waals surface area contributed by atoms with Crippen LogP contribution in [0.15, 0.2) is 30.3 Å². The van der Waals surface area contributed by atoms with E-state index in [-0.39, 0.29) is 0 Å². The van der Waals surface area contributed by atoms with Crippen molar-refractivity contribution >= 4 is 0 Å². The average Bonchev–Trinajstić information content (AvgIpc) is 2.39. The molecule has 0 bridgehead atoms. The summed E-state index contributed by atoms with van der Waals surface area (Å²) < 4.78 is 0. The van der Waals surface area contributed by atoms with Crippen LogP contribution in [0.4, 0.5) is 0 Å². The van der Waals surface area contributed by atoms with Gasteiger partial charge in [-0.05, 0) is 24.4 Å². The third kappa shape index (κ3) is 4.88. The van der Waals surface area contributed by atoms with Gasteiger partial charge in [0.25, 0.3) is 0 Å². The van der Waals surface area contributed by atoms with Gasteiger partial charge in [-0.15, -0.1) is 0 Å². The highest BCUT2D eigenvalue weighted by Gasteiger charge is 2.15. The van der Waals surface area contributed by atoms with Gasteiger partial charge in [0.15, 0.2) is 0 Å². The molecule has 1 rings (SSSR count). The first kappa shape index (κ1) is 14.2. The minimum absolute atomic E-state index is 0.466. The molecule has 0 aliphatic heterocycles. The summed E-state index contributed by atoms with van der Waals surface area (Å²) in [6.07, 6.45) is 3.49. The maximum Gasteiger partial charge on any atom is 0.0218 e. The maximum atomic E-state index is 5.84. The van der Waals surface area contributed by atoms with E-state index in [2.05, 4.69) is 49.5 Å². The number of hydrogen-bond acceptors (Lipinski definition) is 2. The van der Waals surface area contributed by atoms with E-state index in [0.29, 0.717) is 12.0 Å². The molecule has 1 atom stereocenters. The van der Waals surface area contributed by atoms with Crippen molar-refractivity contribution in [2.24, 2.45) is 11.7 Å². The molecule has 2 heteroatoms. The van der Waals surface area contributed by atoms with E-state index in [1.54, 1.807) is 0 Å². The zero-order valence-electron chi connectivity index (χ0n) is 11.2. The number of nitrogens with two attached hydrogens (primary N) is 1. The average molecular weight is 234 g/mol. The van der Waals surface area contributed by atoms with Crippen molar-refractivity contribution in [3.8, 4) is 0 Å². The Balaban J connectivity index is 2.33. The minimum atomic E-state index is 0.466.